The van der Waals surface area contributed by atoms with Crippen molar-refractivity contribution in [1.82, 2.24) is 15.6 Å². The first-order chi connectivity index (χ1) is 9.99. The zero-order chi connectivity index (χ0) is 15.3. The van der Waals surface area contributed by atoms with Gasteiger partial charge in [0.15, 0.2) is 5.96 Å². The molecule has 1 aliphatic heterocycles. The zero-order valence-corrected chi connectivity index (χ0v) is 17.8. The smallest absolute Gasteiger partial charge is 0.191 e. The topological polar surface area (TPSA) is 49.3 Å². The molecule has 0 spiro atoms. The van der Waals surface area contributed by atoms with E-state index in [0.29, 0.717) is 6.04 Å². The molecule has 22 heavy (non-hydrogen) atoms. The molecule has 1 fully saturated rings. The molecule has 4 nitrogen and oxygen atoms in total. The first-order valence-corrected chi connectivity index (χ1v) is 9.52. The average molecular weight is 454 g/mol. The number of thiazole rings is 1. The van der Waals surface area contributed by atoms with Crippen molar-refractivity contribution in [3.05, 3.63) is 16.1 Å². The first kappa shape index (κ1) is 20.0. The Labute approximate surface area is 159 Å². The van der Waals surface area contributed by atoms with E-state index in [1.54, 1.807) is 11.3 Å². The highest BCUT2D eigenvalue weighted by molar-refractivity contribution is 14.0. The Hall–Kier alpha value is -0.0200. The van der Waals surface area contributed by atoms with Crippen LogP contribution >= 0.6 is 47.1 Å². The zero-order valence-electron chi connectivity index (χ0n) is 13.8. The van der Waals surface area contributed by atoms with Gasteiger partial charge in [-0.3, -0.25) is 4.99 Å². The van der Waals surface area contributed by atoms with Crippen molar-refractivity contribution in [3.8, 4) is 0 Å². The van der Waals surface area contributed by atoms with E-state index in [1.807, 2.05) is 18.8 Å². The molecule has 1 aromatic rings. The van der Waals surface area contributed by atoms with E-state index in [4.69, 9.17) is 4.98 Å². The Balaban J connectivity index is 0.00000242. The fourth-order valence-corrected chi connectivity index (χ4v) is 4.17. The van der Waals surface area contributed by atoms with Gasteiger partial charge in [-0.2, -0.15) is 11.8 Å². The lowest BCUT2D eigenvalue weighted by Gasteiger charge is -2.24. The summed E-state index contributed by atoms with van der Waals surface area (Å²) in [6.45, 7) is 7.32. The molecule has 0 saturated carbocycles. The van der Waals surface area contributed by atoms with E-state index in [1.165, 1.54) is 24.3 Å². The minimum atomic E-state index is 0. The van der Waals surface area contributed by atoms with Crippen molar-refractivity contribution >= 4 is 53.0 Å². The monoisotopic (exact) mass is 454 g/mol. The molecular formula is C15H27IN4S2. The molecule has 1 saturated heterocycles. The molecular weight excluding hydrogens is 427 g/mol. The van der Waals surface area contributed by atoms with Crippen LogP contribution in [0.25, 0.3) is 0 Å². The third kappa shape index (κ3) is 6.23. The minimum absolute atomic E-state index is 0. The molecule has 1 aliphatic rings. The van der Waals surface area contributed by atoms with Gasteiger partial charge in [0.2, 0.25) is 0 Å². The molecule has 2 heterocycles. The van der Waals surface area contributed by atoms with Gasteiger partial charge in [-0.15, -0.1) is 35.3 Å². The number of hydrogen-bond donors (Lipinski definition) is 2. The Morgan fingerprint density at radius 3 is 2.77 bits per heavy atom. The van der Waals surface area contributed by atoms with Crippen molar-refractivity contribution in [1.29, 1.82) is 0 Å². The highest BCUT2D eigenvalue weighted by Gasteiger charge is 2.18. The van der Waals surface area contributed by atoms with Crippen LogP contribution in [0.1, 0.15) is 44.3 Å². The lowest BCUT2D eigenvalue weighted by Crippen LogP contribution is -2.45. The van der Waals surface area contributed by atoms with E-state index in [2.05, 4.69) is 41.8 Å². The maximum atomic E-state index is 4.70. The van der Waals surface area contributed by atoms with E-state index in [-0.39, 0.29) is 29.4 Å². The van der Waals surface area contributed by atoms with Gasteiger partial charge in [0, 0.05) is 29.6 Å². The number of nitrogens with one attached hydrogen (secondary N) is 2. The second-order valence-corrected chi connectivity index (χ2v) is 8.45. The number of aliphatic imine (C=N–C) groups is 1. The summed E-state index contributed by atoms with van der Waals surface area (Å²) in [6.07, 6.45) is 2.53. The van der Waals surface area contributed by atoms with Gasteiger partial charge in [-0.1, -0.05) is 20.8 Å². The highest BCUT2D eigenvalue weighted by Crippen LogP contribution is 2.23. The van der Waals surface area contributed by atoms with Crippen LogP contribution in [0, 0.1) is 0 Å². The summed E-state index contributed by atoms with van der Waals surface area (Å²) in [5.41, 5.74) is 1.28. The number of thioether (sulfide) groups is 1. The number of halogens is 1. The van der Waals surface area contributed by atoms with Gasteiger partial charge in [0.1, 0.15) is 5.01 Å². The molecule has 0 bridgehead atoms. The van der Waals surface area contributed by atoms with Crippen LogP contribution in [-0.4, -0.2) is 35.5 Å². The number of nitrogens with zero attached hydrogens (tertiary/aromatic N) is 2. The highest BCUT2D eigenvalue weighted by atomic mass is 127. The van der Waals surface area contributed by atoms with E-state index >= 15 is 0 Å². The van der Waals surface area contributed by atoms with E-state index in [9.17, 15) is 0 Å². The Morgan fingerprint density at radius 1 is 1.45 bits per heavy atom. The normalized spacial score (nSPS) is 19.5. The Morgan fingerprint density at radius 2 is 2.23 bits per heavy atom. The van der Waals surface area contributed by atoms with Crippen LogP contribution in [0.5, 0.6) is 0 Å². The molecule has 0 aliphatic carbocycles. The summed E-state index contributed by atoms with van der Waals surface area (Å²) in [5, 5.41) is 10.2. The SMILES string of the molecule is CN=C(NCc1nc(C(C)(C)C)cs1)NC1CCCSC1.I. The quantitative estimate of drug-likeness (QED) is 0.416. The molecule has 2 N–H and O–H groups in total. The molecule has 1 atom stereocenters. The maximum absolute atomic E-state index is 4.70. The molecule has 7 heteroatoms. The van der Waals surface area contributed by atoms with Crippen molar-refractivity contribution in [2.75, 3.05) is 18.6 Å². The van der Waals surface area contributed by atoms with Crippen molar-refractivity contribution in [2.45, 2.75) is 51.6 Å². The summed E-state index contributed by atoms with van der Waals surface area (Å²) >= 11 is 3.73. The van der Waals surface area contributed by atoms with Gasteiger partial charge < -0.3 is 10.6 Å². The predicted octanol–water partition coefficient (Wildman–Crippen LogP) is 3.62. The molecule has 1 aromatic heterocycles. The minimum Gasteiger partial charge on any atom is -0.353 e. The van der Waals surface area contributed by atoms with Crippen molar-refractivity contribution in [2.24, 2.45) is 4.99 Å². The van der Waals surface area contributed by atoms with Gasteiger partial charge in [0.05, 0.1) is 12.2 Å². The molecule has 0 radical (unpaired) electrons. The second-order valence-electron chi connectivity index (χ2n) is 6.36. The number of hydrogen-bond acceptors (Lipinski definition) is 4. The van der Waals surface area contributed by atoms with E-state index in [0.717, 1.165) is 23.2 Å². The fraction of sp³-hybridized carbons (Fsp3) is 0.733. The third-order valence-electron chi connectivity index (χ3n) is 3.45. The fourth-order valence-electron chi connectivity index (χ4n) is 2.14. The summed E-state index contributed by atoms with van der Waals surface area (Å²) in [5.74, 6) is 3.35. The molecule has 2 rings (SSSR count). The van der Waals surface area contributed by atoms with Crippen LogP contribution in [0.3, 0.4) is 0 Å². The lowest BCUT2D eigenvalue weighted by atomic mass is 9.93. The van der Waals surface area contributed by atoms with Crippen LogP contribution in [0.2, 0.25) is 0 Å². The number of guanidine groups is 1. The lowest BCUT2D eigenvalue weighted by molar-refractivity contribution is 0.568. The third-order valence-corrected chi connectivity index (χ3v) is 5.52. The molecule has 126 valence electrons. The van der Waals surface area contributed by atoms with Crippen LogP contribution in [0.15, 0.2) is 10.4 Å². The largest absolute Gasteiger partial charge is 0.353 e. The summed E-state index contributed by atoms with van der Waals surface area (Å²) < 4.78 is 0. The second kappa shape index (κ2) is 9.32. The van der Waals surface area contributed by atoms with Gasteiger partial charge >= 0.3 is 0 Å². The Kier molecular flexibility index (Phi) is 8.48. The van der Waals surface area contributed by atoms with E-state index < -0.39 is 0 Å². The van der Waals surface area contributed by atoms with Gasteiger partial charge in [-0.05, 0) is 18.6 Å². The Bertz CT molecular complexity index is 476. The van der Waals surface area contributed by atoms with Crippen molar-refractivity contribution < 1.29 is 0 Å². The maximum Gasteiger partial charge on any atom is 0.191 e. The van der Waals surface area contributed by atoms with Gasteiger partial charge in [-0.25, -0.2) is 4.98 Å². The van der Waals surface area contributed by atoms with Crippen molar-refractivity contribution in [3.63, 3.8) is 0 Å². The first-order valence-electron chi connectivity index (χ1n) is 7.49. The molecule has 0 amide bonds. The van der Waals surface area contributed by atoms with Crippen LogP contribution in [0.4, 0.5) is 0 Å². The summed E-state index contributed by atoms with van der Waals surface area (Å²) in [7, 11) is 1.83. The standard InChI is InChI=1S/C15H26N4S2.HI/c1-15(2,3)12-10-21-13(19-12)8-17-14(16-4)18-11-6-5-7-20-9-11;/h10-11H,5-9H2,1-4H3,(H2,16,17,18);1H. The number of rotatable bonds is 3. The average Bonchev–Trinajstić information content (AvgIpc) is 2.93. The van der Waals surface area contributed by atoms with Crippen LogP contribution < -0.4 is 10.6 Å². The van der Waals surface area contributed by atoms with Gasteiger partial charge in [0.25, 0.3) is 0 Å². The summed E-state index contributed by atoms with van der Waals surface area (Å²) in [6, 6.07) is 0.538. The molecule has 0 aromatic carbocycles. The summed E-state index contributed by atoms with van der Waals surface area (Å²) in [4.78, 5) is 9.02. The predicted molar refractivity (Wildman–Crippen MR) is 110 cm³/mol. The molecule has 1 unspecified atom stereocenters. The van der Waals surface area contributed by atoms with Crippen LogP contribution in [-0.2, 0) is 12.0 Å². The number of aromatic nitrogens is 1.